The lowest BCUT2D eigenvalue weighted by molar-refractivity contribution is -0.148. The van der Waals surface area contributed by atoms with Gasteiger partial charge >= 0.3 is 5.97 Å². The Labute approximate surface area is 206 Å². The highest BCUT2D eigenvalue weighted by atomic mass is 19.1. The summed E-state index contributed by atoms with van der Waals surface area (Å²) in [6.07, 6.45) is 5.45. The van der Waals surface area contributed by atoms with Crippen molar-refractivity contribution in [3.05, 3.63) is 65.9 Å². The maximum absolute atomic E-state index is 14.4. The van der Waals surface area contributed by atoms with E-state index in [-0.39, 0.29) is 23.4 Å². The molecule has 2 unspecified atom stereocenters. The Bertz CT molecular complexity index is 1480. The molecule has 0 amide bonds. The molecule has 36 heavy (non-hydrogen) atoms. The van der Waals surface area contributed by atoms with Gasteiger partial charge in [-0.25, -0.2) is 18.7 Å². The van der Waals surface area contributed by atoms with Gasteiger partial charge in [0, 0.05) is 40.9 Å². The van der Waals surface area contributed by atoms with Gasteiger partial charge in [0.25, 0.3) is 0 Å². The standard InChI is InChI=1S/C28H26F2N4O2/c1-14-4-2-3-5-18(14)22-12-23(33-25-16-8-6-15(7-9-16)24(25)28(35)36)34-27(32-22)20-13-31-26-19(20)10-17(29)11-21(26)30/h2-5,10-13,15-16,24-25,31H,6-9H2,1H3,(H,35,36)(H,32,33,34). The summed E-state index contributed by atoms with van der Waals surface area (Å²) in [5.41, 5.74) is 3.23. The molecule has 7 rings (SSSR count). The van der Waals surface area contributed by atoms with Gasteiger partial charge in [0.15, 0.2) is 5.82 Å². The second kappa shape index (κ2) is 8.69. The first-order chi connectivity index (χ1) is 17.4. The minimum absolute atomic E-state index is 0.154. The molecule has 0 aliphatic heterocycles. The van der Waals surface area contributed by atoms with E-state index in [1.54, 1.807) is 6.20 Å². The lowest BCUT2D eigenvalue weighted by Crippen LogP contribution is -2.51. The zero-order chi connectivity index (χ0) is 25.0. The second-order valence-corrected chi connectivity index (χ2v) is 10.00. The minimum atomic E-state index is -0.780. The number of aromatic amines is 1. The number of aliphatic carboxylic acids is 1. The van der Waals surface area contributed by atoms with Crippen LogP contribution in [0.1, 0.15) is 31.2 Å². The maximum Gasteiger partial charge on any atom is 0.308 e. The first kappa shape index (κ1) is 22.6. The minimum Gasteiger partial charge on any atom is -0.481 e. The van der Waals surface area contributed by atoms with Crippen LogP contribution in [0.15, 0.2) is 48.7 Å². The van der Waals surface area contributed by atoms with E-state index in [4.69, 9.17) is 9.97 Å². The molecule has 3 aliphatic carbocycles. The van der Waals surface area contributed by atoms with E-state index in [9.17, 15) is 18.7 Å². The van der Waals surface area contributed by atoms with Crippen molar-refractivity contribution >= 4 is 22.7 Å². The summed E-state index contributed by atoms with van der Waals surface area (Å²) in [5.74, 6) is -1.40. The third-order valence-electron chi connectivity index (χ3n) is 7.91. The van der Waals surface area contributed by atoms with Gasteiger partial charge in [0.1, 0.15) is 17.5 Å². The largest absolute Gasteiger partial charge is 0.481 e. The molecule has 0 saturated heterocycles. The van der Waals surface area contributed by atoms with Gasteiger partial charge in [0.05, 0.1) is 17.1 Å². The second-order valence-electron chi connectivity index (χ2n) is 10.00. The van der Waals surface area contributed by atoms with Crippen molar-refractivity contribution in [3.8, 4) is 22.6 Å². The average molecular weight is 489 g/mol. The van der Waals surface area contributed by atoms with Crippen LogP contribution in [0.25, 0.3) is 33.5 Å². The summed E-state index contributed by atoms with van der Waals surface area (Å²) in [6.45, 7) is 1.99. The van der Waals surface area contributed by atoms with Crippen LogP contribution in [0.4, 0.5) is 14.6 Å². The van der Waals surface area contributed by atoms with E-state index in [0.717, 1.165) is 42.9 Å². The third-order valence-corrected chi connectivity index (χ3v) is 7.91. The molecule has 2 atom stereocenters. The monoisotopic (exact) mass is 488 g/mol. The van der Waals surface area contributed by atoms with Gasteiger partial charge < -0.3 is 15.4 Å². The molecule has 2 aromatic carbocycles. The highest BCUT2D eigenvalue weighted by molar-refractivity contribution is 5.94. The van der Waals surface area contributed by atoms with Crippen molar-refractivity contribution in [2.45, 2.75) is 38.6 Å². The number of nitrogens with zero attached hydrogens (tertiary/aromatic N) is 2. The summed E-state index contributed by atoms with van der Waals surface area (Å²) >= 11 is 0. The van der Waals surface area contributed by atoms with Crippen LogP contribution in [-0.4, -0.2) is 32.1 Å². The highest BCUT2D eigenvalue weighted by Gasteiger charge is 2.47. The number of carboxylic acid groups (broad SMARTS) is 1. The van der Waals surface area contributed by atoms with Crippen LogP contribution in [0.2, 0.25) is 0 Å². The molecule has 0 radical (unpaired) electrons. The average Bonchev–Trinajstić information content (AvgIpc) is 3.29. The normalized spacial score (nSPS) is 23.2. The van der Waals surface area contributed by atoms with Crippen molar-refractivity contribution in [2.24, 2.45) is 17.8 Å². The number of hydrogen-bond donors (Lipinski definition) is 3. The summed E-state index contributed by atoms with van der Waals surface area (Å²) in [6, 6.07) is 11.5. The molecule has 2 heterocycles. The van der Waals surface area contributed by atoms with Gasteiger partial charge in [-0.1, -0.05) is 24.3 Å². The smallest absolute Gasteiger partial charge is 0.308 e. The quantitative estimate of drug-likeness (QED) is 0.312. The summed E-state index contributed by atoms with van der Waals surface area (Å²) in [7, 11) is 0. The lowest BCUT2D eigenvalue weighted by Gasteiger charge is -2.47. The van der Waals surface area contributed by atoms with Crippen molar-refractivity contribution in [3.63, 3.8) is 0 Å². The SMILES string of the molecule is Cc1ccccc1-c1cc(NC2C3CCC(CC3)C2C(=O)O)nc(-c2c[nH]c3c(F)cc(F)cc23)n1. The lowest BCUT2D eigenvalue weighted by atomic mass is 9.61. The Morgan fingerprint density at radius 2 is 1.78 bits per heavy atom. The molecule has 2 aromatic heterocycles. The number of nitrogens with one attached hydrogen (secondary N) is 2. The van der Waals surface area contributed by atoms with Crippen molar-refractivity contribution in [1.82, 2.24) is 15.0 Å². The zero-order valence-electron chi connectivity index (χ0n) is 19.8. The van der Waals surface area contributed by atoms with Crippen LogP contribution < -0.4 is 5.32 Å². The fraction of sp³-hybridized carbons (Fsp3) is 0.321. The molecule has 0 spiro atoms. The first-order valence-electron chi connectivity index (χ1n) is 12.3. The van der Waals surface area contributed by atoms with Gasteiger partial charge in [-0.05, 0) is 56.1 Å². The molecular weight excluding hydrogens is 462 g/mol. The number of carbonyl (C=O) groups is 1. The van der Waals surface area contributed by atoms with Gasteiger partial charge in [-0.2, -0.15) is 0 Å². The molecule has 3 fully saturated rings. The Morgan fingerprint density at radius 3 is 2.53 bits per heavy atom. The fourth-order valence-electron chi connectivity index (χ4n) is 6.16. The molecule has 184 valence electrons. The Kier molecular flexibility index (Phi) is 5.47. The molecule has 3 saturated carbocycles. The predicted octanol–water partition coefficient (Wildman–Crippen LogP) is 6.18. The van der Waals surface area contributed by atoms with Crippen LogP contribution in [0.3, 0.4) is 0 Å². The van der Waals surface area contributed by atoms with Crippen LogP contribution in [0.5, 0.6) is 0 Å². The predicted molar refractivity (Wildman–Crippen MR) is 133 cm³/mol. The molecule has 8 heteroatoms. The van der Waals surface area contributed by atoms with Gasteiger partial charge in [0.2, 0.25) is 0 Å². The van der Waals surface area contributed by atoms with Crippen LogP contribution in [0, 0.1) is 36.3 Å². The number of fused-ring (bicyclic) bond motifs is 4. The number of H-pyrrole nitrogens is 1. The van der Waals surface area contributed by atoms with E-state index in [2.05, 4.69) is 10.3 Å². The van der Waals surface area contributed by atoms with Gasteiger partial charge in [-0.15, -0.1) is 0 Å². The van der Waals surface area contributed by atoms with Crippen molar-refractivity contribution in [2.75, 3.05) is 5.32 Å². The number of rotatable bonds is 5. The zero-order valence-corrected chi connectivity index (χ0v) is 19.8. The van der Waals surface area contributed by atoms with E-state index in [0.29, 0.717) is 28.3 Å². The number of hydrogen-bond acceptors (Lipinski definition) is 4. The Morgan fingerprint density at radius 1 is 1.03 bits per heavy atom. The molecular formula is C28H26F2N4O2. The fourth-order valence-corrected chi connectivity index (χ4v) is 6.16. The van der Waals surface area contributed by atoms with E-state index < -0.39 is 23.5 Å². The number of anilines is 1. The van der Waals surface area contributed by atoms with Crippen LogP contribution >= 0.6 is 0 Å². The molecule has 2 bridgehead atoms. The summed E-state index contributed by atoms with van der Waals surface area (Å²) < 4.78 is 28.5. The van der Waals surface area contributed by atoms with E-state index in [1.807, 2.05) is 37.3 Å². The Balaban J connectivity index is 1.49. The summed E-state index contributed by atoms with van der Waals surface area (Å²) in [5, 5.41) is 13.8. The molecule has 4 aromatic rings. The molecule has 3 N–H and O–H groups in total. The number of benzene rings is 2. The molecule has 6 nitrogen and oxygen atoms in total. The highest BCUT2D eigenvalue weighted by Crippen LogP contribution is 2.46. The van der Waals surface area contributed by atoms with Gasteiger partial charge in [-0.3, -0.25) is 4.79 Å². The van der Waals surface area contributed by atoms with Crippen molar-refractivity contribution < 1.29 is 18.7 Å². The van der Waals surface area contributed by atoms with E-state index in [1.165, 1.54) is 6.07 Å². The van der Waals surface area contributed by atoms with E-state index >= 15 is 0 Å². The summed E-state index contributed by atoms with van der Waals surface area (Å²) in [4.78, 5) is 24.6. The maximum atomic E-state index is 14.4. The first-order valence-corrected chi connectivity index (χ1v) is 12.3. The number of carboxylic acids is 1. The topological polar surface area (TPSA) is 90.9 Å². The van der Waals surface area contributed by atoms with Crippen molar-refractivity contribution in [1.29, 1.82) is 0 Å². The number of aryl methyl sites for hydroxylation is 1. The third kappa shape index (κ3) is 3.81. The number of halogens is 2. The molecule has 3 aliphatic rings. The number of aromatic nitrogens is 3. The van der Waals surface area contributed by atoms with Crippen LogP contribution in [-0.2, 0) is 4.79 Å². The Hall–Kier alpha value is -3.81.